The molecule has 3 aromatic rings. The first-order valence-corrected chi connectivity index (χ1v) is 10.7. The molecular formula is C19H19ClN4O3S. The van der Waals surface area contributed by atoms with Crippen LogP contribution in [0.4, 0.5) is 0 Å². The van der Waals surface area contributed by atoms with Crippen LogP contribution in [0.15, 0.2) is 64.0 Å². The lowest BCUT2D eigenvalue weighted by Gasteiger charge is -2.33. The zero-order chi connectivity index (χ0) is 19.6. The molecule has 9 heteroatoms. The molecule has 0 unspecified atom stereocenters. The van der Waals surface area contributed by atoms with Crippen molar-refractivity contribution in [2.45, 2.75) is 11.4 Å². The van der Waals surface area contributed by atoms with Crippen molar-refractivity contribution < 1.29 is 12.9 Å². The number of rotatable bonds is 5. The fraction of sp³-hybridized carbons (Fsp3) is 0.263. The van der Waals surface area contributed by atoms with Crippen LogP contribution in [-0.4, -0.2) is 53.9 Å². The van der Waals surface area contributed by atoms with Crippen molar-refractivity contribution in [2.24, 2.45) is 0 Å². The van der Waals surface area contributed by atoms with Gasteiger partial charge in [0.05, 0.1) is 22.0 Å². The van der Waals surface area contributed by atoms with Gasteiger partial charge in [-0.25, -0.2) is 8.42 Å². The van der Waals surface area contributed by atoms with E-state index >= 15 is 0 Å². The van der Waals surface area contributed by atoms with E-state index in [1.54, 1.807) is 36.4 Å². The first-order valence-electron chi connectivity index (χ1n) is 8.89. The molecule has 1 aliphatic heterocycles. The molecule has 4 rings (SSSR count). The van der Waals surface area contributed by atoms with Crippen molar-refractivity contribution in [2.75, 3.05) is 26.2 Å². The van der Waals surface area contributed by atoms with Gasteiger partial charge in [-0.2, -0.15) is 9.29 Å². The molecule has 28 heavy (non-hydrogen) atoms. The highest BCUT2D eigenvalue weighted by molar-refractivity contribution is 7.89. The van der Waals surface area contributed by atoms with Gasteiger partial charge < -0.3 is 4.52 Å². The number of hydrogen-bond acceptors (Lipinski definition) is 6. The summed E-state index contributed by atoms with van der Waals surface area (Å²) in [5, 5.41) is 4.58. The monoisotopic (exact) mass is 418 g/mol. The van der Waals surface area contributed by atoms with E-state index in [-0.39, 0.29) is 0 Å². The Bertz CT molecular complexity index is 1050. The van der Waals surface area contributed by atoms with Gasteiger partial charge in [-0.05, 0) is 24.3 Å². The van der Waals surface area contributed by atoms with Gasteiger partial charge in [0.1, 0.15) is 0 Å². The van der Waals surface area contributed by atoms with Crippen molar-refractivity contribution in [1.29, 1.82) is 0 Å². The molecule has 1 fully saturated rings. The Balaban J connectivity index is 1.38. The number of benzene rings is 2. The minimum absolute atomic E-state index is 0.325. The summed E-state index contributed by atoms with van der Waals surface area (Å²) in [6.45, 7) is 2.54. The Morgan fingerprint density at radius 3 is 2.36 bits per heavy atom. The number of halogens is 1. The third-order valence-corrected chi connectivity index (χ3v) is 6.89. The Morgan fingerprint density at radius 2 is 1.64 bits per heavy atom. The molecule has 2 aromatic carbocycles. The maximum absolute atomic E-state index is 12.7. The normalized spacial score (nSPS) is 16.3. The third-order valence-electron chi connectivity index (χ3n) is 4.65. The van der Waals surface area contributed by atoms with Crippen LogP contribution in [0.2, 0.25) is 5.02 Å². The van der Waals surface area contributed by atoms with Crippen LogP contribution in [0.3, 0.4) is 0 Å². The van der Waals surface area contributed by atoms with Crippen molar-refractivity contribution >= 4 is 21.6 Å². The van der Waals surface area contributed by atoms with Gasteiger partial charge in [0.15, 0.2) is 5.82 Å². The highest BCUT2D eigenvalue weighted by Crippen LogP contribution is 2.26. The quantitative estimate of drug-likeness (QED) is 0.633. The Hall–Kier alpha value is -2.26. The van der Waals surface area contributed by atoms with Gasteiger partial charge in [-0.15, -0.1) is 0 Å². The number of hydrogen-bond donors (Lipinski definition) is 0. The van der Waals surface area contributed by atoms with Gasteiger partial charge in [0.25, 0.3) is 5.89 Å². The molecule has 0 saturated carbocycles. The van der Waals surface area contributed by atoms with Gasteiger partial charge in [-0.1, -0.05) is 47.1 Å². The molecule has 0 amide bonds. The fourth-order valence-corrected chi connectivity index (χ4v) is 4.79. The van der Waals surface area contributed by atoms with Crippen LogP contribution >= 0.6 is 11.6 Å². The lowest BCUT2D eigenvalue weighted by molar-refractivity contribution is 0.176. The van der Waals surface area contributed by atoms with Crippen LogP contribution in [0, 0.1) is 0 Å². The highest BCUT2D eigenvalue weighted by atomic mass is 35.5. The van der Waals surface area contributed by atoms with Gasteiger partial charge >= 0.3 is 0 Å². The van der Waals surface area contributed by atoms with E-state index in [0.29, 0.717) is 59.9 Å². The highest BCUT2D eigenvalue weighted by Gasteiger charge is 2.28. The smallest absolute Gasteiger partial charge is 0.259 e. The van der Waals surface area contributed by atoms with E-state index in [0.717, 1.165) is 0 Å². The van der Waals surface area contributed by atoms with Gasteiger partial charge in [0.2, 0.25) is 10.0 Å². The number of sulfonamides is 1. The summed E-state index contributed by atoms with van der Waals surface area (Å²) < 4.78 is 32.2. The van der Waals surface area contributed by atoms with Crippen molar-refractivity contribution in [3.05, 3.63) is 65.4 Å². The zero-order valence-corrected chi connectivity index (χ0v) is 16.6. The van der Waals surface area contributed by atoms with E-state index < -0.39 is 10.0 Å². The van der Waals surface area contributed by atoms with Crippen LogP contribution in [0.1, 0.15) is 5.82 Å². The average Bonchev–Trinajstić information content (AvgIpc) is 3.17. The molecule has 2 heterocycles. The summed E-state index contributed by atoms with van der Waals surface area (Å²) >= 11 is 6.17. The number of nitrogens with zero attached hydrogens (tertiary/aromatic N) is 4. The number of aromatic nitrogens is 2. The molecule has 146 valence electrons. The predicted octanol–water partition coefficient (Wildman–Crippen LogP) is 2.90. The lowest BCUT2D eigenvalue weighted by Crippen LogP contribution is -2.48. The summed E-state index contributed by atoms with van der Waals surface area (Å²) in [6.07, 6.45) is 0. The number of piperazine rings is 1. The summed E-state index contributed by atoms with van der Waals surface area (Å²) in [5.74, 6) is 0.931. The molecule has 0 aliphatic carbocycles. The molecule has 0 N–H and O–H groups in total. The Morgan fingerprint density at radius 1 is 0.964 bits per heavy atom. The van der Waals surface area contributed by atoms with Crippen LogP contribution < -0.4 is 0 Å². The minimum atomic E-state index is -3.45. The van der Waals surface area contributed by atoms with Gasteiger partial charge in [0, 0.05) is 26.2 Å². The Kier molecular flexibility index (Phi) is 5.45. The Labute approximate surface area is 168 Å². The SMILES string of the molecule is O=S(=O)(c1ccccc1)N1CCN(Cc2noc(-c3ccccc3Cl)n2)CC1. The maximum Gasteiger partial charge on any atom is 0.259 e. The van der Waals surface area contributed by atoms with E-state index in [2.05, 4.69) is 15.0 Å². The van der Waals surface area contributed by atoms with E-state index in [1.165, 1.54) is 4.31 Å². The fourth-order valence-electron chi connectivity index (χ4n) is 3.13. The standard InChI is InChI=1S/C19H19ClN4O3S/c20-17-9-5-4-8-16(17)19-21-18(22-27-19)14-23-10-12-24(13-11-23)28(25,26)15-6-2-1-3-7-15/h1-9H,10-14H2. The lowest BCUT2D eigenvalue weighted by atomic mass is 10.2. The minimum Gasteiger partial charge on any atom is -0.334 e. The molecule has 1 aromatic heterocycles. The first-order chi connectivity index (χ1) is 13.5. The van der Waals surface area contributed by atoms with E-state index in [4.69, 9.17) is 16.1 Å². The molecule has 0 bridgehead atoms. The molecule has 1 saturated heterocycles. The molecule has 0 spiro atoms. The van der Waals surface area contributed by atoms with Crippen LogP contribution in [-0.2, 0) is 16.6 Å². The second-order valence-corrected chi connectivity index (χ2v) is 8.83. The molecule has 0 radical (unpaired) electrons. The average molecular weight is 419 g/mol. The van der Waals surface area contributed by atoms with Crippen LogP contribution in [0.5, 0.6) is 0 Å². The summed E-state index contributed by atoms with van der Waals surface area (Å²) in [5.41, 5.74) is 0.696. The molecular weight excluding hydrogens is 400 g/mol. The predicted molar refractivity (Wildman–Crippen MR) is 105 cm³/mol. The third kappa shape index (κ3) is 3.95. The topological polar surface area (TPSA) is 79.5 Å². The van der Waals surface area contributed by atoms with E-state index in [1.807, 2.05) is 18.2 Å². The van der Waals surface area contributed by atoms with Crippen LogP contribution in [0.25, 0.3) is 11.5 Å². The van der Waals surface area contributed by atoms with Crippen molar-refractivity contribution in [3.8, 4) is 11.5 Å². The summed E-state index contributed by atoms with van der Waals surface area (Å²) in [4.78, 5) is 6.85. The first kappa shape index (κ1) is 19.1. The van der Waals surface area contributed by atoms with Crippen molar-refractivity contribution in [1.82, 2.24) is 19.3 Å². The second-order valence-electron chi connectivity index (χ2n) is 6.49. The van der Waals surface area contributed by atoms with Crippen molar-refractivity contribution in [3.63, 3.8) is 0 Å². The summed E-state index contributed by atoms with van der Waals surface area (Å²) in [7, 11) is -3.45. The molecule has 1 aliphatic rings. The largest absolute Gasteiger partial charge is 0.334 e. The summed E-state index contributed by atoms with van der Waals surface area (Å²) in [6, 6.07) is 15.8. The van der Waals surface area contributed by atoms with Gasteiger partial charge in [-0.3, -0.25) is 4.90 Å². The molecule has 7 nitrogen and oxygen atoms in total. The molecule has 0 atom stereocenters. The zero-order valence-electron chi connectivity index (χ0n) is 15.0. The second kappa shape index (κ2) is 8.00. The maximum atomic E-state index is 12.7. The van der Waals surface area contributed by atoms with E-state index in [9.17, 15) is 8.42 Å².